The van der Waals surface area contributed by atoms with Crippen LogP contribution in [0.4, 0.5) is 4.79 Å². The Morgan fingerprint density at radius 3 is 2.65 bits per heavy atom. The number of rotatable bonds is 2. The number of amides is 1. The van der Waals surface area contributed by atoms with Gasteiger partial charge >= 0.3 is 6.09 Å². The minimum Gasteiger partial charge on any atom is -0.444 e. The smallest absolute Gasteiger partial charge is 0.408 e. The molecular weight excluding hydrogens is 220 g/mol. The van der Waals surface area contributed by atoms with Crippen LogP contribution in [0.3, 0.4) is 0 Å². The number of ether oxygens (including phenoxy) is 1. The molecule has 1 rings (SSSR count). The molecule has 0 fully saturated rings. The molecule has 0 aromatic heterocycles. The zero-order chi connectivity index (χ0) is 12.9. The molecule has 6 nitrogen and oxygen atoms in total. The second-order valence-electron chi connectivity index (χ2n) is 4.99. The van der Waals surface area contributed by atoms with Gasteiger partial charge < -0.3 is 10.1 Å². The van der Waals surface area contributed by atoms with E-state index in [9.17, 15) is 4.79 Å². The van der Waals surface area contributed by atoms with Crippen LogP contribution in [-0.2, 0) is 4.74 Å². The monoisotopic (exact) mass is 238 g/mol. The van der Waals surface area contributed by atoms with Crippen LogP contribution in [-0.4, -0.2) is 23.8 Å². The van der Waals surface area contributed by atoms with Gasteiger partial charge in [0.2, 0.25) is 0 Å². The predicted molar refractivity (Wildman–Crippen MR) is 64.5 cm³/mol. The maximum Gasteiger partial charge on any atom is 0.408 e. The molecule has 1 aliphatic rings. The molecule has 0 spiro atoms. The zero-order valence-corrected chi connectivity index (χ0v) is 10.4. The van der Waals surface area contributed by atoms with E-state index in [-0.39, 0.29) is 12.1 Å². The first-order valence-corrected chi connectivity index (χ1v) is 5.63. The van der Waals surface area contributed by atoms with E-state index in [1.807, 2.05) is 32.9 Å². The predicted octanol–water partition coefficient (Wildman–Crippen LogP) is 2.91. The molecule has 0 heterocycles. The third-order valence-electron chi connectivity index (χ3n) is 2.24. The molecular formula is C11H18N4O2. The number of nitrogens with one attached hydrogen (secondary N) is 1. The van der Waals surface area contributed by atoms with Gasteiger partial charge in [-0.1, -0.05) is 17.3 Å². The van der Waals surface area contributed by atoms with Crippen molar-refractivity contribution >= 4 is 6.09 Å². The number of carbonyl (C=O) groups is 1. The highest BCUT2D eigenvalue weighted by Crippen LogP contribution is 2.15. The van der Waals surface area contributed by atoms with Crippen LogP contribution in [0.5, 0.6) is 0 Å². The van der Waals surface area contributed by atoms with Crippen molar-refractivity contribution in [1.82, 2.24) is 5.32 Å². The lowest BCUT2D eigenvalue weighted by Gasteiger charge is -2.24. The Bertz CT molecular complexity index is 353. The van der Waals surface area contributed by atoms with Gasteiger partial charge in [-0.3, -0.25) is 0 Å². The molecule has 2 atom stereocenters. The van der Waals surface area contributed by atoms with Crippen molar-refractivity contribution in [3.8, 4) is 0 Å². The topological polar surface area (TPSA) is 87.1 Å². The quantitative estimate of drug-likeness (QED) is 0.347. The molecule has 0 saturated carbocycles. The zero-order valence-electron chi connectivity index (χ0n) is 10.4. The maximum atomic E-state index is 11.5. The van der Waals surface area contributed by atoms with Gasteiger partial charge in [0.1, 0.15) is 5.60 Å². The third-order valence-corrected chi connectivity index (χ3v) is 2.24. The molecule has 0 aliphatic heterocycles. The van der Waals surface area contributed by atoms with Crippen molar-refractivity contribution in [2.24, 2.45) is 5.11 Å². The SMILES string of the molecule is CC(C)(C)OC(=O)N[C@@H]1C=C[C@@H](N=[N+]=[N-])CC1. The Kier molecular flexibility index (Phi) is 4.40. The summed E-state index contributed by atoms with van der Waals surface area (Å²) < 4.78 is 5.15. The van der Waals surface area contributed by atoms with Crippen molar-refractivity contribution in [1.29, 1.82) is 0 Å². The van der Waals surface area contributed by atoms with Gasteiger partial charge in [0.15, 0.2) is 0 Å². The summed E-state index contributed by atoms with van der Waals surface area (Å²) in [5, 5.41) is 6.36. The number of hydrogen-bond acceptors (Lipinski definition) is 3. The van der Waals surface area contributed by atoms with E-state index in [4.69, 9.17) is 10.3 Å². The molecule has 6 heteroatoms. The number of azide groups is 1. The Hall–Kier alpha value is -1.68. The molecule has 0 bridgehead atoms. The van der Waals surface area contributed by atoms with Crippen LogP contribution >= 0.6 is 0 Å². The van der Waals surface area contributed by atoms with Crippen molar-refractivity contribution in [3.63, 3.8) is 0 Å². The van der Waals surface area contributed by atoms with Gasteiger partial charge in [-0.15, -0.1) is 0 Å². The molecule has 94 valence electrons. The van der Waals surface area contributed by atoms with Crippen molar-refractivity contribution < 1.29 is 9.53 Å². The second kappa shape index (κ2) is 5.59. The normalized spacial score (nSPS) is 23.7. The Morgan fingerprint density at radius 2 is 2.18 bits per heavy atom. The summed E-state index contributed by atoms with van der Waals surface area (Å²) in [6.07, 6.45) is 4.72. The first-order chi connectivity index (χ1) is 7.90. The van der Waals surface area contributed by atoms with Crippen LogP contribution in [0.1, 0.15) is 33.6 Å². The molecule has 0 aromatic carbocycles. The molecule has 0 unspecified atom stereocenters. The highest BCUT2D eigenvalue weighted by molar-refractivity contribution is 5.68. The van der Waals surface area contributed by atoms with Gasteiger partial charge in [-0.05, 0) is 39.1 Å². The fraction of sp³-hybridized carbons (Fsp3) is 0.727. The van der Waals surface area contributed by atoms with E-state index in [1.165, 1.54) is 0 Å². The van der Waals surface area contributed by atoms with Crippen LogP contribution < -0.4 is 5.32 Å². The van der Waals surface area contributed by atoms with Crippen molar-refractivity contribution in [2.45, 2.75) is 51.3 Å². The lowest BCUT2D eigenvalue weighted by Crippen LogP contribution is -2.39. The standard InChI is InChI=1S/C11H18N4O2/c1-11(2,3)17-10(16)13-8-4-6-9(7-5-8)14-15-12/h4,6,8-9H,5,7H2,1-3H3,(H,13,16)/t8-,9-/m1/s1. The van der Waals surface area contributed by atoms with Gasteiger partial charge in [0.25, 0.3) is 0 Å². The molecule has 1 N–H and O–H groups in total. The van der Waals surface area contributed by atoms with Gasteiger partial charge in [0.05, 0.1) is 12.1 Å². The number of nitrogens with zero attached hydrogens (tertiary/aromatic N) is 3. The summed E-state index contributed by atoms with van der Waals surface area (Å²) in [6, 6.07) is -0.147. The first kappa shape index (κ1) is 13.4. The third kappa shape index (κ3) is 5.26. The fourth-order valence-corrected chi connectivity index (χ4v) is 1.55. The van der Waals surface area contributed by atoms with E-state index < -0.39 is 11.7 Å². The van der Waals surface area contributed by atoms with E-state index >= 15 is 0 Å². The van der Waals surface area contributed by atoms with Crippen LogP contribution in [0, 0.1) is 0 Å². The van der Waals surface area contributed by atoms with Crippen molar-refractivity contribution in [2.75, 3.05) is 0 Å². The average molecular weight is 238 g/mol. The maximum absolute atomic E-state index is 11.5. The summed E-state index contributed by atoms with van der Waals surface area (Å²) >= 11 is 0. The lowest BCUT2D eigenvalue weighted by molar-refractivity contribution is 0.0511. The van der Waals surface area contributed by atoms with Crippen LogP contribution in [0.25, 0.3) is 10.4 Å². The summed E-state index contributed by atoms with van der Waals surface area (Å²) in [7, 11) is 0. The summed E-state index contributed by atoms with van der Waals surface area (Å²) in [5.41, 5.74) is 7.80. The molecule has 1 aliphatic carbocycles. The summed E-state index contributed by atoms with van der Waals surface area (Å²) in [6.45, 7) is 5.46. The van der Waals surface area contributed by atoms with E-state index in [0.717, 1.165) is 12.8 Å². The molecule has 17 heavy (non-hydrogen) atoms. The second-order valence-corrected chi connectivity index (χ2v) is 4.99. The molecule has 0 saturated heterocycles. The summed E-state index contributed by atoms with van der Waals surface area (Å²) in [5.74, 6) is 0. The Balaban J connectivity index is 2.42. The molecule has 1 amide bonds. The molecule has 0 radical (unpaired) electrons. The van der Waals surface area contributed by atoms with E-state index in [1.54, 1.807) is 0 Å². The van der Waals surface area contributed by atoms with Gasteiger partial charge in [0, 0.05) is 4.91 Å². The highest BCUT2D eigenvalue weighted by atomic mass is 16.6. The number of alkyl carbamates (subject to hydrolysis) is 1. The van der Waals surface area contributed by atoms with E-state index in [2.05, 4.69) is 15.3 Å². The van der Waals surface area contributed by atoms with Crippen molar-refractivity contribution in [3.05, 3.63) is 22.6 Å². The number of hydrogen-bond donors (Lipinski definition) is 1. The number of carbonyl (C=O) groups excluding carboxylic acids is 1. The Morgan fingerprint density at radius 1 is 1.47 bits per heavy atom. The lowest BCUT2D eigenvalue weighted by atomic mass is 9.99. The minimum atomic E-state index is -0.490. The van der Waals surface area contributed by atoms with Crippen LogP contribution in [0.2, 0.25) is 0 Å². The van der Waals surface area contributed by atoms with Gasteiger partial charge in [-0.2, -0.15) is 0 Å². The van der Waals surface area contributed by atoms with E-state index in [0.29, 0.717) is 0 Å². The van der Waals surface area contributed by atoms with Gasteiger partial charge in [-0.25, -0.2) is 4.79 Å². The first-order valence-electron chi connectivity index (χ1n) is 5.63. The molecule has 0 aromatic rings. The average Bonchev–Trinajstić information content (AvgIpc) is 2.18. The van der Waals surface area contributed by atoms with Crippen LogP contribution in [0.15, 0.2) is 17.3 Å². The minimum absolute atomic E-state index is 0.0463. The Labute approximate surface area is 101 Å². The highest BCUT2D eigenvalue weighted by Gasteiger charge is 2.20. The largest absolute Gasteiger partial charge is 0.444 e. The summed E-state index contributed by atoms with van der Waals surface area (Å²) in [4.78, 5) is 14.2. The fourth-order valence-electron chi connectivity index (χ4n) is 1.55.